The van der Waals surface area contributed by atoms with Crippen LogP contribution in [0.4, 0.5) is 0 Å². The van der Waals surface area contributed by atoms with Crippen LogP contribution >= 0.6 is 11.6 Å². The first-order valence-corrected chi connectivity index (χ1v) is 9.64. The Morgan fingerprint density at radius 2 is 1.50 bits per heavy atom. The molecule has 1 heterocycles. The second-order valence-corrected chi connectivity index (χ2v) is 8.05. The second kappa shape index (κ2) is 6.20. The van der Waals surface area contributed by atoms with Gasteiger partial charge >= 0.3 is 0 Å². The summed E-state index contributed by atoms with van der Waals surface area (Å²) in [5, 5.41) is 10.6. The summed E-state index contributed by atoms with van der Waals surface area (Å²) in [7, 11) is -3.92. The molecule has 0 spiro atoms. The summed E-state index contributed by atoms with van der Waals surface area (Å²) in [6.45, 7) is 0. The van der Waals surface area contributed by atoms with Crippen molar-refractivity contribution in [3.8, 4) is 16.9 Å². The summed E-state index contributed by atoms with van der Waals surface area (Å²) in [4.78, 5) is 0.0459. The Balaban J connectivity index is 2.02. The van der Waals surface area contributed by atoms with Gasteiger partial charge in [0.15, 0.2) is 0 Å². The molecule has 6 heteroatoms. The van der Waals surface area contributed by atoms with Gasteiger partial charge in [0.25, 0.3) is 0 Å². The van der Waals surface area contributed by atoms with E-state index in [9.17, 15) is 13.5 Å². The van der Waals surface area contributed by atoms with Crippen molar-refractivity contribution < 1.29 is 17.9 Å². The number of hydrogen-bond donors (Lipinski definition) is 1. The SMILES string of the molecule is O=S(=O)(c1ccc(O)cc1)c1oc2ccccc2c1-c1ccc(Cl)cc1. The van der Waals surface area contributed by atoms with Crippen LogP contribution in [0.1, 0.15) is 0 Å². The highest BCUT2D eigenvalue weighted by molar-refractivity contribution is 7.91. The number of furan rings is 1. The van der Waals surface area contributed by atoms with Crippen molar-refractivity contribution in [3.05, 3.63) is 77.8 Å². The summed E-state index contributed by atoms with van der Waals surface area (Å²) in [5.41, 5.74) is 1.66. The Hall–Kier alpha value is -2.76. The van der Waals surface area contributed by atoms with Crippen molar-refractivity contribution in [1.82, 2.24) is 0 Å². The van der Waals surface area contributed by atoms with Crippen molar-refractivity contribution in [2.45, 2.75) is 9.99 Å². The zero-order valence-corrected chi connectivity index (χ0v) is 15.0. The van der Waals surface area contributed by atoms with Crippen LogP contribution in [0.5, 0.6) is 5.75 Å². The number of sulfone groups is 1. The minimum absolute atomic E-state index is 0.00789. The highest BCUT2D eigenvalue weighted by Crippen LogP contribution is 2.40. The van der Waals surface area contributed by atoms with E-state index >= 15 is 0 Å². The van der Waals surface area contributed by atoms with E-state index in [0.29, 0.717) is 27.1 Å². The van der Waals surface area contributed by atoms with Crippen molar-refractivity contribution in [2.75, 3.05) is 0 Å². The van der Waals surface area contributed by atoms with Crippen molar-refractivity contribution in [2.24, 2.45) is 0 Å². The molecule has 26 heavy (non-hydrogen) atoms. The van der Waals surface area contributed by atoms with Crippen molar-refractivity contribution in [1.29, 1.82) is 0 Å². The maximum Gasteiger partial charge on any atom is 0.240 e. The monoisotopic (exact) mass is 384 g/mol. The Bertz CT molecular complexity index is 1190. The lowest BCUT2D eigenvalue weighted by Crippen LogP contribution is -2.02. The number of phenols is 1. The average molecular weight is 385 g/mol. The van der Waals surface area contributed by atoms with Gasteiger partial charge in [-0.2, -0.15) is 0 Å². The fourth-order valence-electron chi connectivity index (χ4n) is 2.83. The van der Waals surface area contributed by atoms with Crippen LogP contribution in [-0.2, 0) is 9.84 Å². The van der Waals surface area contributed by atoms with Crippen LogP contribution in [0.25, 0.3) is 22.1 Å². The predicted octanol–water partition coefficient (Wildman–Crippen LogP) is 5.29. The summed E-state index contributed by atoms with van der Waals surface area (Å²) < 4.78 is 32.1. The molecule has 0 aliphatic rings. The summed E-state index contributed by atoms with van der Waals surface area (Å²) in [6, 6.07) is 19.4. The number of phenolic OH excluding ortho intramolecular Hbond substituents is 1. The van der Waals surface area contributed by atoms with Gasteiger partial charge in [-0.05, 0) is 48.0 Å². The van der Waals surface area contributed by atoms with Crippen LogP contribution in [0.15, 0.2) is 87.2 Å². The normalized spacial score (nSPS) is 11.7. The molecule has 3 aromatic carbocycles. The Kier molecular flexibility index (Phi) is 3.98. The van der Waals surface area contributed by atoms with E-state index in [4.69, 9.17) is 16.0 Å². The topological polar surface area (TPSA) is 67.5 Å². The molecule has 0 atom stereocenters. The van der Waals surface area contributed by atoms with E-state index in [1.807, 2.05) is 12.1 Å². The third kappa shape index (κ3) is 2.75. The quantitative estimate of drug-likeness (QED) is 0.521. The highest BCUT2D eigenvalue weighted by atomic mass is 35.5. The van der Waals surface area contributed by atoms with Gasteiger partial charge in [-0.15, -0.1) is 0 Å². The molecular weight excluding hydrogens is 372 g/mol. The Labute approximate surface area is 155 Å². The molecule has 0 aliphatic heterocycles. The number of para-hydroxylation sites is 1. The van der Waals surface area contributed by atoms with E-state index < -0.39 is 9.84 Å². The molecule has 0 amide bonds. The number of hydrogen-bond acceptors (Lipinski definition) is 4. The van der Waals surface area contributed by atoms with Crippen LogP contribution in [0.2, 0.25) is 5.02 Å². The molecule has 1 aromatic heterocycles. The summed E-state index contributed by atoms with van der Waals surface area (Å²) >= 11 is 5.97. The van der Waals surface area contributed by atoms with Gasteiger partial charge in [0.05, 0.1) is 4.90 Å². The molecule has 4 rings (SSSR count). The van der Waals surface area contributed by atoms with Crippen LogP contribution in [-0.4, -0.2) is 13.5 Å². The molecular formula is C20H13ClO4S. The van der Waals surface area contributed by atoms with E-state index in [2.05, 4.69) is 0 Å². The first-order chi connectivity index (χ1) is 12.5. The number of aromatic hydroxyl groups is 1. The number of benzene rings is 3. The van der Waals surface area contributed by atoms with Gasteiger partial charge in [-0.1, -0.05) is 41.9 Å². The highest BCUT2D eigenvalue weighted by Gasteiger charge is 2.28. The Morgan fingerprint density at radius 1 is 0.846 bits per heavy atom. The summed E-state index contributed by atoms with van der Waals surface area (Å²) in [5.74, 6) is -0.00789. The van der Waals surface area contributed by atoms with Crippen molar-refractivity contribution in [3.63, 3.8) is 0 Å². The zero-order valence-electron chi connectivity index (χ0n) is 13.4. The van der Waals surface area contributed by atoms with E-state index in [0.717, 1.165) is 0 Å². The maximum absolute atomic E-state index is 13.2. The average Bonchev–Trinajstić information content (AvgIpc) is 3.03. The lowest BCUT2D eigenvalue weighted by Gasteiger charge is -2.06. The molecule has 0 saturated carbocycles. The maximum atomic E-state index is 13.2. The van der Waals surface area contributed by atoms with Gasteiger partial charge in [-0.25, -0.2) is 8.42 Å². The standard InChI is InChI=1S/C20H13ClO4S/c21-14-7-5-13(6-8-14)19-17-3-1-2-4-18(17)25-20(19)26(23,24)16-11-9-15(22)10-12-16/h1-12,22H. The molecule has 130 valence electrons. The van der Waals surface area contributed by atoms with Crippen LogP contribution in [0.3, 0.4) is 0 Å². The van der Waals surface area contributed by atoms with Gasteiger partial charge in [0.1, 0.15) is 11.3 Å². The first kappa shape index (κ1) is 16.7. The lowest BCUT2D eigenvalue weighted by atomic mass is 10.1. The van der Waals surface area contributed by atoms with Crippen molar-refractivity contribution >= 4 is 32.4 Å². The van der Waals surface area contributed by atoms with Gasteiger partial charge in [0, 0.05) is 16.0 Å². The lowest BCUT2D eigenvalue weighted by molar-refractivity contribution is 0.473. The molecule has 0 radical (unpaired) electrons. The Morgan fingerprint density at radius 3 is 2.19 bits per heavy atom. The number of rotatable bonds is 3. The van der Waals surface area contributed by atoms with Crippen LogP contribution < -0.4 is 0 Å². The molecule has 4 nitrogen and oxygen atoms in total. The summed E-state index contributed by atoms with van der Waals surface area (Å²) in [6.07, 6.45) is 0. The minimum atomic E-state index is -3.92. The van der Waals surface area contributed by atoms with Gasteiger partial charge in [-0.3, -0.25) is 0 Å². The fraction of sp³-hybridized carbons (Fsp3) is 0. The predicted molar refractivity (Wildman–Crippen MR) is 100 cm³/mol. The fourth-order valence-corrected chi connectivity index (χ4v) is 4.36. The third-order valence-corrected chi connectivity index (χ3v) is 6.01. The van der Waals surface area contributed by atoms with E-state index in [-0.39, 0.29) is 15.7 Å². The molecule has 4 aromatic rings. The first-order valence-electron chi connectivity index (χ1n) is 7.78. The van der Waals surface area contributed by atoms with Gasteiger partial charge in [0.2, 0.25) is 14.9 Å². The number of halogens is 1. The molecule has 0 unspecified atom stereocenters. The van der Waals surface area contributed by atoms with E-state index in [1.54, 1.807) is 36.4 Å². The zero-order chi connectivity index (χ0) is 18.3. The number of fused-ring (bicyclic) bond motifs is 1. The second-order valence-electron chi connectivity index (χ2n) is 5.76. The smallest absolute Gasteiger partial charge is 0.240 e. The minimum Gasteiger partial charge on any atom is -0.508 e. The molecule has 0 saturated heterocycles. The molecule has 0 fully saturated rings. The molecule has 1 N–H and O–H groups in total. The van der Waals surface area contributed by atoms with Crippen LogP contribution in [0, 0.1) is 0 Å². The van der Waals surface area contributed by atoms with Gasteiger partial charge < -0.3 is 9.52 Å². The third-order valence-electron chi connectivity index (χ3n) is 4.09. The molecule has 0 aliphatic carbocycles. The molecule has 0 bridgehead atoms. The largest absolute Gasteiger partial charge is 0.508 e. The van der Waals surface area contributed by atoms with E-state index in [1.165, 1.54) is 24.3 Å².